The maximum absolute atomic E-state index is 12.4. The Labute approximate surface area is 173 Å². The lowest BCUT2D eigenvalue weighted by atomic mass is 10.0. The van der Waals surface area contributed by atoms with Crippen molar-refractivity contribution in [3.05, 3.63) is 69.9 Å². The highest BCUT2D eigenvalue weighted by Gasteiger charge is 2.30. The fourth-order valence-electron chi connectivity index (χ4n) is 3.33. The molecule has 0 fully saturated rings. The van der Waals surface area contributed by atoms with Gasteiger partial charge in [-0.1, -0.05) is 29.8 Å². The van der Waals surface area contributed by atoms with E-state index in [-0.39, 0.29) is 11.2 Å². The summed E-state index contributed by atoms with van der Waals surface area (Å²) in [6, 6.07) is 13.7. The second-order valence-electron chi connectivity index (χ2n) is 6.71. The molecule has 0 spiro atoms. The third-order valence-electron chi connectivity index (χ3n) is 4.83. The van der Waals surface area contributed by atoms with E-state index in [0.29, 0.717) is 16.6 Å². The molecule has 7 heteroatoms. The van der Waals surface area contributed by atoms with Gasteiger partial charge in [-0.2, -0.15) is 5.10 Å². The Morgan fingerprint density at radius 1 is 1.21 bits per heavy atom. The summed E-state index contributed by atoms with van der Waals surface area (Å²) in [4.78, 5) is 12.4. The van der Waals surface area contributed by atoms with E-state index in [1.807, 2.05) is 56.3 Å². The van der Waals surface area contributed by atoms with Crippen LogP contribution in [0.1, 0.15) is 27.6 Å². The fourth-order valence-corrected chi connectivity index (χ4v) is 4.69. The maximum Gasteiger partial charge on any atom is 0.235 e. The normalized spacial score (nSPS) is 16.3. The minimum Gasteiger partial charge on any atom is -0.497 e. The van der Waals surface area contributed by atoms with Crippen molar-refractivity contribution < 1.29 is 9.53 Å². The number of hydrogen-bond donors (Lipinski definition) is 1. The molecular formula is C21H20ClN3O2S. The summed E-state index contributed by atoms with van der Waals surface area (Å²) >= 11 is 7.92. The predicted octanol–water partition coefficient (Wildman–Crippen LogP) is 4.93. The van der Waals surface area contributed by atoms with Crippen LogP contribution in [0.2, 0.25) is 5.02 Å². The Kier molecular flexibility index (Phi) is 5.08. The third kappa shape index (κ3) is 3.38. The molecule has 1 atom stereocenters. The Balaban J connectivity index is 1.85. The highest BCUT2D eigenvalue weighted by molar-refractivity contribution is 8.00. The third-order valence-corrected chi connectivity index (χ3v) is 6.50. The van der Waals surface area contributed by atoms with Gasteiger partial charge in [0.15, 0.2) is 0 Å². The van der Waals surface area contributed by atoms with Crippen LogP contribution in [0.4, 0.5) is 5.82 Å². The van der Waals surface area contributed by atoms with Crippen LogP contribution >= 0.6 is 23.4 Å². The Morgan fingerprint density at radius 3 is 2.64 bits per heavy atom. The summed E-state index contributed by atoms with van der Waals surface area (Å²) in [6.07, 6.45) is 0. The number of halogens is 1. The van der Waals surface area contributed by atoms with Gasteiger partial charge in [-0.15, -0.1) is 11.8 Å². The summed E-state index contributed by atoms with van der Waals surface area (Å²) < 4.78 is 7.05. The molecule has 3 aromatic rings. The number of methoxy groups -OCH3 is 1. The molecule has 28 heavy (non-hydrogen) atoms. The molecule has 2 aromatic carbocycles. The molecule has 0 aliphatic carbocycles. The molecular weight excluding hydrogens is 394 g/mol. The number of hydrogen-bond acceptors (Lipinski definition) is 4. The van der Waals surface area contributed by atoms with Crippen molar-refractivity contribution in [3.8, 4) is 11.4 Å². The number of fused-ring (bicyclic) bond motifs is 1. The zero-order valence-electron chi connectivity index (χ0n) is 15.8. The van der Waals surface area contributed by atoms with Gasteiger partial charge in [0.1, 0.15) is 11.6 Å². The van der Waals surface area contributed by atoms with Crippen LogP contribution in [0.25, 0.3) is 5.69 Å². The van der Waals surface area contributed by atoms with Gasteiger partial charge in [0.25, 0.3) is 0 Å². The van der Waals surface area contributed by atoms with Crippen molar-refractivity contribution in [2.24, 2.45) is 0 Å². The van der Waals surface area contributed by atoms with Crippen molar-refractivity contribution in [3.63, 3.8) is 0 Å². The Bertz CT molecular complexity index is 1050. The zero-order valence-corrected chi connectivity index (χ0v) is 17.4. The van der Waals surface area contributed by atoms with Crippen LogP contribution < -0.4 is 10.1 Å². The average molecular weight is 414 g/mol. The van der Waals surface area contributed by atoms with Crippen molar-refractivity contribution in [2.75, 3.05) is 18.2 Å². The van der Waals surface area contributed by atoms with Gasteiger partial charge < -0.3 is 10.1 Å². The van der Waals surface area contributed by atoms with Crippen LogP contribution in [-0.4, -0.2) is 28.6 Å². The first kappa shape index (κ1) is 18.9. The van der Waals surface area contributed by atoms with Gasteiger partial charge in [-0.05, 0) is 49.2 Å². The highest BCUT2D eigenvalue weighted by Crippen LogP contribution is 2.44. The SMILES string of the molecule is COc1ccc([C@H]2SCC(=O)Nc3c2c(C)nn3-c2ccc(C)c(Cl)c2)cc1. The number of nitrogens with zero attached hydrogens (tertiary/aromatic N) is 2. The van der Waals surface area contributed by atoms with E-state index >= 15 is 0 Å². The summed E-state index contributed by atoms with van der Waals surface area (Å²) in [7, 11) is 1.65. The van der Waals surface area contributed by atoms with Gasteiger partial charge in [0.2, 0.25) is 5.91 Å². The van der Waals surface area contributed by atoms with Crippen molar-refractivity contribution in [1.29, 1.82) is 0 Å². The highest BCUT2D eigenvalue weighted by atomic mass is 35.5. The van der Waals surface area contributed by atoms with Gasteiger partial charge in [-0.25, -0.2) is 4.68 Å². The number of anilines is 1. The standard InChI is InChI=1S/C21H20ClN3O2S/c1-12-4-7-15(10-17(12)22)25-21-19(13(2)24-25)20(28-11-18(26)23-21)14-5-8-16(27-3)9-6-14/h4-10,20H,11H2,1-3H3,(H,23,26)/t20-/m1/s1. The molecule has 0 saturated carbocycles. The first-order valence-corrected chi connectivity index (χ1v) is 10.3. The Morgan fingerprint density at radius 2 is 1.96 bits per heavy atom. The van der Waals surface area contributed by atoms with E-state index in [9.17, 15) is 4.79 Å². The molecule has 1 N–H and O–H groups in total. The van der Waals surface area contributed by atoms with E-state index in [1.165, 1.54) is 0 Å². The van der Waals surface area contributed by atoms with Crippen molar-refractivity contribution >= 4 is 35.1 Å². The summed E-state index contributed by atoms with van der Waals surface area (Å²) in [5.41, 5.74) is 4.81. The lowest BCUT2D eigenvalue weighted by Crippen LogP contribution is -2.15. The fraction of sp³-hybridized carbons (Fsp3) is 0.238. The van der Waals surface area contributed by atoms with E-state index in [1.54, 1.807) is 23.6 Å². The topological polar surface area (TPSA) is 56.1 Å². The van der Waals surface area contributed by atoms with Crippen LogP contribution in [0, 0.1) is 13.8 Å². The number of aromatic nitrogens is 2. The van der Waals surface area contributed by atoms with Crippen LogP contribution in [0.3, 0.4) is 0 Å². The number of nitrogens with one attached hydrogen (secondary N) is 1. The number of rotatable bonds is 3. The molecule has 0 radical (unpaired) electrons. The molecule has 0 unspecified atom stereocenters. The molecule has 1 aromatic heterocycles. The molecule has 4 rings (SSSR count). The van der Waals surface area contributed by atoms with Crippen molar-refractivity contribution in [1.82, 2.24) is 9.78 Å². The van der Waals surface area contributed by atoms with E-state index in [0.717, 1.165) is 33.8 Å². The largest absolute Gasteiger partial charge is 0.497 e. The zero-order chi connectivity index (χ0) is 19.8. The molecule has 1 aliphatic heterocycles. The predicted molar refractivity (Wildman–Crippen MR) is 114 cm³/mol. The van der Waals surface area contributed by atoms with Crippen LogP contribution in [0.5, 0.6) is 5.75 Å². The quantitative estimate of drug-likeness (QED) is 0.661. The monoisotopic (exact) mass is 413 g/mol. The first-order chi connectivity index (χ1) is 13.5. The number of ether oxygens (including phenoxy) is 1. The molecule has 0 saturated heterocycles. The van der Waals surface area contributed by atoms with E-state index < -0.39 is 0 Å². The molecule has 1 aliphatic rings. The second kappa shape index (κ2) is 7.53. The molecule has 2 heterocycles. The molecule has 5 nitrogen and oxygen atoms in total. The second-order valence-corrected chi connectivity index (χ2v) is 8.21. The number of carbonyl (C=O) groups is 1. The van der Waals surface area contributed by atoms with Gasteiger partial charge in [0, 0.05) is 10.6 Å². The van der Waals surface area contributed by atoms with Gasteiger partial charge >= 0.3 is 0 Å². The summed E-state index contributed by atoms with van der Waals surface area (Å²) in [5.74, 6) is 1.84. The minimum atomic E-state index is -0.0402. The smallest absolute Gasteiger partial charge is 0.235 e. The first-order valence-electron chi connectivity index (χ1n) is 8.89. The molecule has 144 valence electrons. The number of amides is 1. The van der Waals surface area contributed by atoms with E-state index in [4.69, 9.17) is 21.4 Å². The molecule has 1 amide bonds. The number of carbonyl (C=O) groups excluding carboxylic acids is 1. The van der Waals surface area contributed by atoms with Crippen molar-refractivity contribution in [2.45, 2.75) is 19.1 Å². The lowest BCUT2D eigenvalue weighted by Gasteiger charge is -2.16. The van der Waals surface area contributed by atoms with E-state index in [2.05, 4.69) is 5.32 Å². The number of benzene rings is 2. The lowest BCUT2D eigenvalue weighted by molar-refractivity contribution is -0.113. The van der Waals surface area contributed by atoms with Crippen LogP contribution in [-0.2, 0) is 4.79 Å². The molecule has 0 bridgehead atoms. The van der Waals surface area contributed by atoms with Gasteiger partial charge in [0.05, 0.1) is 29.5 Å². The Hall–Kier alpha value is -2.44. The average Bonchev–Trinajstić information content (AvgIpc) is 2.90. The van der Waals surface area contributed by atoms with Gasteiger partial charge in [-0.3, -0.25) is 4.79 Å². The van der Waals surface area contributed by atoms with Crippen LogP contribution in [0.15, 0.2) is 42.5 Å². The maximum atomic E-state index is 12.4. The number of thioether (sulfide) groups is 1. The number of aryl methyl sites for hydroxylation is 2. The summed E-state index contributed by atoms with van der Waals surface area (Å²) in [5, 5.41) is 8.43. The summed E-state index contributed by atoms with van der Waals surface area (Å²) in [6.45, 7) is 3.93. The minimum absolute atomic E-state index is 0.00507.